The zero-order valence-corrected chi connectivity index (χ0v) is 10.1. The Kier molecular flexibility index (Phi) is 3.32. The molecule has 0 saturated carbocycles. The van der Waals surface area contributed by atoms with Crippen molar-refractivity contribution in [3.8, 4) is 5.75 Å². The van der Waals surface area contributed by atoms with Crippen molar-refractivity contribution >= 4 is 5.97 Å². The van der Waals surface area contributed by atoms with Crippen LogP contribution in [0.1, 0.15) is 27.4 Å². The van der Waals surface area contributed by atoms with E-state index < -0.39 is 5.97 Å². The Morgan fingerprint density at radius 1 is 1.44 bits per heavy atom. The molecule has 0 saturated heterocycles. The van der Waals surface area contributed by atoms with E-state index in [9.17, 15) is 4.79 Å². The first-order valence-corrected chi connectivity index (χ1v) is 5.46. The van der Waals surface area contributed by atoms with Gasteiger partial charge in [0.1, 0.15) is 29.4 Å². The number of hydrogen-bond donors (Lipinski definition) is 1. The summed E-state index contributed by atoms with van der Waals surface area (Å²) in [6, 6.07) is 6.75. The second-order valence-corrected chi connectivity index (χ2v) is 3.97. The van der Waals surface area contributed by atoms with Crippen LogP contribution in [0.2, 0.25) is 0 Å². The Balaban J connectivity index is 2.20. The van der Waals surface area contributed by atoms with Crippen LogP contribution in [0, 0.1) is 13.8 Å². The third kappa shape index (κ3) is 2.51. The maximum absolute atomic E-state index is 11.1. The standard InChI is InChI=1S/C13H13NO4/c1-8-4-3-5-11(13(15)16)12(8)17-7-10-6-9(2)18-14-10/h3-6H,7H2,1-2H3,(H,15,16). The number of carbonyl (C=O) groups is 1. The number of nitrogens with zero attached hydrogens (tertiary/aromatic N) is 1. The molecule has 2 aromatic rings. The molecular weight excluding hydrogens is 234 g/mol. The van der Waals surface area contributed by atoms with E-state index >= 15 is 0 Å². The fourth-order valence-corrected chi connectivity index (χ4v) is 1.64. The highest BCUT2D eigenvalue weighted by molar-refractivity contribution is 5.91. The van der Waals surface area contributed by atoms with Gasteiger partial charge in [0.25, 0.3) is 0 Å². The average Bonchev–Trinajstić information content (AvgIpc) is 2.73. The van der Waals surface area contributed by atoms with E-state index in [-0.39, 0.29) is 12.2 Å². The molecule has 0 unspecified atom stereocenters. The number of benzene rings is 1. The molecule has 5 nitrogen and oxygen atoms in total. The molecule has 2 rings (SSSR count). The van der Waals surface area contributed by atoms with Crippen LogP contribution in [0.3, 0.4) is 0 Å². The Morgan fingerprint density at radius 3 is 2.83 bits per heavy atom. The monoisotopic (exact) mass is 247 g/mol. The van der Waals surface area contributed by atoms with Crippen LogP contribution in [0.25, 0.3) is 0 Å². The maximum atomic E-state index is 11.1. The van der Waals surface area contributed by atoms with Crippen LogP contribution < -0.4 is 4.74 Å². The Labute approximate surface area is 104 Å². The van der Waals surface area contributed by atoms with Gasteiger partial charge in [0, 0.05) is 6.07 Å². The van der Waals surface area contributed by atoms with Crippen molar-refractivity contribution < 1.29 is 19.2 Å². The predicted octanol–water partition coefficient (Wildman–Crippen LogP) is 2.57. The number of aryl methyl sites for hydroxylation is 2. The molecular formula is C13H13NO4. The zero-order chi connectivity index (χ0) is 13.1. The quantitative estimate of drug-likeness (QED) is 0.898. The molecule has 0 amide bonds. The normalized spacial score (nSPS) is 10.3. The number of hydrogen-bond acceptors (Lipinski definition) is 4. The number of carboxylic acids is 1. The summed E-state index contributed by atoms with van der Waals surface area (Å²) in [7, 11) is 0. The van der Waals surface area contributed by atoms with Crippen LogP contribution in [0.4, 0.5) is 0 Å². The van der Waals surface area contributed by atoms with E-state index in [4.69, 9.17) is 14.4 Å². The van der Waals surface area contributed by atoms with Gasteiger partial charge in [-0.25, -0.2) is 4.79 Å². The predicted molar refractivity (Wildman–Crippen MR) is 63.7 cm³/mol. The molecule has 0 fully saturated rings. The molecule has 94 valence electrons. The highest BCUT2D eigenvalue weighted by Gasteiger charge is 2.14. The van der Waals surface area contributed by atoms with Crippen molar-refractivity contribution in [2.24, 2.45) is 0 Å². The van der Waals surface area contributed by atoms with Gasteiger partial charge in [-0.15, -0.1) is 0 Å². The summed E-state index contributed by atoms with van der Waals surface area (Å²) in [4.78, 5) is 11.1. The van der Waals surface area contributed by atoms with E-state index in [1.165, 1.54) is 6.07 Å². The van der Waals surface area contributed by atoms with Crippen LogP contribution in [0.5, 0.6) is 5.75 Å². The van der Waals surface area contributed by atoms with Gasteiger partial charge >= 0.3 is 5.97 Å². The summed E-state index contributed by atoms with van der Waals surface area (Å²) in [6.45, 7) is 3.77. The van der Waals surface area contributed by atoms with Gasteiger partial charge in [-0.05, 0) is 25.5 Å². The third-order valence-corrected chi connectivity index (χ3v) is 2.48. The molecule has 0 atom stereocenters. The van der Waals surface area contributed by atoms with Gasteiger partial charge in [-0.1, -0.05) is 17.3 Å². The highest BCUT2D eigenvalue weighted by atomic mass is 16.5. The fourth-order valence-electron chi connectivity index (χ4n) is 1.64. The topological polar surface area (TPSA) is 72.6 Å². The van der Waals surface area contributed by atoms with Crippen molar-refractivity contribution in [2.75, 3.05) is 0 Å². The average molecular weight is 247 g/mol. The van der Waals surface area contributed by atoms with E-state index in [0.717, 1.165) is 5.56 Å². The summed E-state index contributed by atoms with van der Waals surface area (Å²) >= 11 is 0. The van der Waals surface area contributed by atoms with Gasteiger partial charge in [-0.3, -0.25) is 0 Å². The van der Waals surface area contributed by atoms with Crippen LogP contribution >= 0.6 is 0 Å². The van der Waals surface area contributed by atoms with Crippen molar-refractivity contribution in [3.63, 3.8) is 0 Å². The Bertz CT molecular complexity index is 574. The lowest BCUT2D eigenvalue weighted by atomic mass is 10.1. The lowest BCUT2D eigenvalue weighted by molar-refractivity contribution is 0.0691. The summed E-state index contributed by atoms with van der Waals surface area (Å²) in [5.41, 5.74) is 1.55. The number of para-hydroxylation sites is 1. The minimum Gasteiger partial charge on any atom is -0.486 e. The lowest BCUT2D eigenvalue weighted by Gasteiger charge is -2.10. The minimum atomic E-state index is -1.01. The van der Waals surface area contributed by atoms with E-state index in [2.05, 4.69) is 5.16 Å². The second-order valence-electron chi connectivity index (χ2n) is 3.97. The molecule has 5 heteroatoms. The molecule has 0 aliphatic rings. The van der Waals surface area contributed by atoms with E-state index in [1.807, 2.05) is 0 Å². The van der Waals surface area contributed by atoms with Crippen molar-refractivity contribution in [1.82, 2.24) is 5.16 Å². The minimum absolute atomic E-state index is 0.148. The number of rotatable bonds is 4. The fraction of sp³-hybridized carbons (Fsp3) is 0.231. The Morgan fingerprint density at radius 2 is 2.22 bits per heavy atom. The van der Waals surface area contributed by atoms with Gasteiger partial charge in [-0.2, -0.15) is 0 Å². The molecule has 1 aromatic carbocycles. The molecule has 18 heavy (non-hydrogen) atoms. The number of carboxylic acid groups (broad SMARTS) is 1. The van der Waals surface area contributed by atoms with Crippen LogP contribution in [-0.2, 0) is 6.61 Å². The molecule has 1 N–H and O–H groups in total. The summed E-state index contributed by atoms with van der Waals surface area (Å²) in [6.07, 6.45) is 0. The first kappa shape index (κ1) is 12.2. The SMILES string of the molecule is Cc1cc(COc2c(C)cccc2C(=O)O)no1. The van der Waals surface area contributed by atoms with Crippen molar-refractivity contribution in [1.29, 1.82) is 0 Å². The molecule has 0 bridgehead atoms. The molecule has 0 aliphatic carbocycles. The molecule has 1 heterocycles. The first-order valence-electron chi connectivity index (χ1n) is 5.46. The van der Waals surface area contributed by atoms with Crippen molar-refractivity contribution in [2.45, 2.75) is 20.5 Å². The van der Waals surface area contributed by atoms with Crippen LogP contribution in [0.15, 0.2) is 28.8 Å². The molecule has 1 aromatic heterocycles. The largest absolute Gasteiger partial charge is 0.486 e. The zero-order valence-electron chi connectivity index (χ0n) is 10.1. The molecule has 0 radical (unpaired) electrons. The van der Waals surface area contributed by atoms with Gasteiger partial charge < -0.3 is 14.4 Å². The number of ether oxygens (including phenoxy) is 1. The Hall–Kier alpha value is -2.30. The lowest BCUT2D eigenvalue weighted by Crippen LogP contribution is -2.05. The summed E-state index contributed by atoms with van der Waals surface area (Å²) in [5.74, 6) is 0.0486. The highest BCUT2D eigenvalue weighted by Crippen LogP contribution is 2.24. The van der Waals surface area contributed by atoms with E-state index in [0.29, 0.717) is 17.2 Å². The van der Waals surface area contributed by atoms with E-state index in [1.54, 1.807) is 32.0 Å². The summed E-state index contributed by atoms with van der Waals surface area (Å²) in [5, 5.41) is 12.9. The smallest absolute Gasteiger partial charge is 0.339 e. The van der Waals surface area contributed by atoms with Crippen LogP contribution in [-0.4, -0.2) is 16.2 Å². The second kappa shape index (κ2) is 4.91. The van der Waals surface area contributed by atoms with Gasteiger partial charge in [0.15, 0.2) is 0 Å². The molecule has 0 spiro atoms. The first-order chi connectivity index (χ1) is 8.58. The maximum Gasteiger partial charge on any atom is 0.339 e. The third-order valence-electron chi connectivity index (χ3n) is 2.48. The van der Waals surface area contributed by atoms with Gasteiger partial charge in [0.05, 0.1) is 0 Å². The number of aromatic carboxylic acids is 1. The summed E-state index contributed by atoms with van der Waals surface area (Å²) < 4.78 is 10.4. The van der Waals surface area contributed by atoms with Crippen molar-refractivity contribution in [3.05, 3.63) is 46.8 Å². The van der Waals surface area contributed by atoms with Gasteiger partial charge in [0.2, 0.25) is 0 Å². The number of aromatic nitrogens is 1. The molecule has 0 aliphatic heterocycles.